The number of piperidine rings is 1. The van der Waals surface area contributed by atoms with Gasteiger partial charge in [0.2, 0.25) is 0 Å². The van der Waals surface area contributed by atoms with Crippen molar-refractivity contribution in [1.82, 2.24) is 24.9 Å². The SMILES string of the molecule is N#Cc1cnc2c(Cl)cc(N[C@H](c3cn(C4CCN(C(=O)O)CC4)nn3)c3cc(Cl)sc3Cl)cc2c1Nc1ccc(F)c(Cl)c1. The van der Waals surface area contributed by atoms with Gasteiger partial charge in [0.25, 0.3) is 0 Å². The van der Waals surface area contributed by atoms with Crippen LogP contribution in [0.3, 0.4) is 0 Å². The van der Waals surface area contributed by atoms with E-state index in [1.807, 2.05) is 6.20 Å². The summed E-state index contributed by atoms with van der Waals surface area (Å²) in [6.45, 7) is 0.801. The summed E-state index contributed by atoms with van der Waals surface area (Å²) in [5.74, 6) is -0.572. The van der Waals surface area contributed by atoms with E-state index in [9.17, 15) is 19.6 Å². The van der Waals surface area contributed by atoms with E-state index >= 15 is 0 Å². The third-order valence-corrected chi connectivity index (χ3v) is 9.57. The first-order valence-electron chi connectivity index (χ1n) is 13.5. The molecule has 1 fully saturated rings. The molecular weight excluding hydrogens is 685 g/mol. The van der Waals surface area contributed by atoms with Crippen LogP contribution in [0.15, 0.2) is 48.8 Å². The van der Waals surface area contributed by atoms with Crippen LogP contribution in [0.1, 0.15) is 41.7 Å². The Hall–Kier alpha value is -3.86. The Morgan fingerprint density at radius 3 is 2.53 bits per heavy atom. The second kappa shape index (κ2) is 12.9. The minimum Gasteiger partial charge on any atom is -0.465 e. The van der Waals surface area contributed by atoms with E-state index < -0.39 is 18.0 Å². The molecule has 0 saturated carbocycles. The zero-order valence-corrected chi connectivity index (χ0v) is 26.8. The van der Waals surface area contributed by atoms with Crippen LogP contribution >= 0.6 is 57.7 Å². The summed E-state index contributed by atoms with van der Waals surface area (Å²) in [6.07, 6.45) is 3.48. The van der Waals surface area contributed by atoms with Gasteiger partial charge in [0.1, 0.15) is 21.9 Å². The first-order chi connectivity index (χ1) is 21.6. The Bertz CT molecular complexity index is 1970. The van der Waals surface area contributed by atoms with Gasteiger partial charge in [-0.2, -0.15) is 5.26 Å². The summed E-state index contributed by atoms with van der Waals surface area (Å²) in [4.78, 5) is 17.1. The van der Waals surface area contributed by atoms with Crippen LogP contribution in [0.4, 0.5) is 26.2 Å². The second-order valence-electron chi connectivity index (χ2n) is 10.2. The van der Waals surface area contributed by atoms with Crippen LogP contribution < -0.4 is 10.6 Å². The zero-order valence-electron chi connectivity index (χ0n) is 22.9. The average Bonchev–Trinajstić information content (AvgIpc) is 3.64. The number of nitrogens with one attached hydrogen (secondary N) is 2. The number of carbonyl (C=O) groups is 1. The molecule has 0 bridgehead atoms. The molecule has 1 saturated heterocycles. The number of anilines is 3. The lowest BCUT2D eigenvalue weighted by molar-refractivity contribution is 0.123. The number of nitriles is 1. The molecule has 45 heavy (non-hydrogen) atoms. The number of thiophene rings is 1. The summed E-state index contributed by atoms with van der Waals surface area (Å²) in [7, 11) is 0. The van der Waals surface area contributed by atoms with Gasteiger partial charge in [-0.05, 0) is 49.2 Å². The Morgan fingerprint density at radius 1 is 1.11 bits per heavy atom. The van der Waals surface area contributed by atoms with Crippen LogP contribution in [0.5, 0.6) is 0 Å². The highest BCUT2D eigenvalue weighted by Crippen LogP contribution is 2.41. The van der Waals surface area contributed by atoms with Gasteiger partial charge < -0.3 is 20.6 Å². The number of likely N-dealkylation sites (tertiary alicyclic amines) is 1. The number of halogens is 5. The molecule has 0 aliphatic carbocycles. The van der Waals surface area contributed by atoms with Crippen LogP contribution in [0, 0.1) is 17.1 Å². The fourth-order valence-electron chi connectivity index (χ4n) is 5.23. The summed E-state index contributed by atoms with van der Waals surface area (Å²) in [5.41, 5.74) is 3.30. The number of rotatable bonds is 7. The van der Waals surface area contributed by atoms with E-state index in [1.54, 1.807) is 22.9 Å². The minimum absolute atomic E-state index is 0.0248. The summed E-state index contributed by atoms with van der Waals surface area (Å²) in [5, 5.41) is 35.4. The molecule has 1 amide bonds. The van der Waals surface area contributed by atoms with Gasteiger partial charge in [-0.3, -0.25) is 4.98 Å². The summed E-state index contributed by atoms with van der Waals surface area (Å²) >= 11 is 26.9. The van der Waals surface area contributed by atoms with E-state index in [0.29, 0.717) is 78.8 Å². The van der Waals surface area contributed by atoms with Gasteiger partial charge in [-0.25, -0.2) is 13.9 Å². The highest BCUT2D eigenvalue weighted by molar-refractivity contribution is 7.20. The van der Waals surface area contributed by atoms with Gasteiger partial charge in [-0.15, -0.1) is 16.4 Å². The van der Waals surface area contributed by atoms with Crippen molar-refractivity contribution in [3.8, 4) is 6.07 Å². The second-order valence-corrected chi connectivity index (χ2v) is 13.3. The molecule has 5 aromatic rings. The van der Waals surface area contributed by atoms with Crippen LogP contribution in [-0.2, 0) is 0 Å². The fourth-order valence-corrected chi connectivity index (χ4v) is 7.21. The Labute approximate surface area is 279 Å². The lowest BCUT2D eigenvalue weighted by atomic mass is 10.0. The van der Waals surface area contributed by atoms with Crippen molar-refractivity contribution in [2.75, 3.05) is 23.7 Å². The highest BCUT2D eigenvalue weighted by atomic mass is 35.5. The average molecular weight is 706 g/mol. The molecule has 1 aliphatic heterocycles. The molecule has 0 spiro atoms. The van der Waals surface area contributed by atoms with E-state index in [0.717, 1.165) is 0 Å². The molecule has 3 N–H and O–H groups in total. The normalized spacial score (nSPS) is 14.4. The van der Waals surface area contributed by atoms with Crippen LogP contribution in [0.25, 0.3) is 10.9 Å². The molecule has 0 unspecified atom stereocenters. The topological polar surface area (TPSA) is 132 Å². The summed E-state index contributed by atoms with van der Waals surface area (Å²) in [6, 6.07) is 10.9. The highest BCUT2D eigenvalue weighted by Gasteiger charge is 2.28. The van der Waals surface area contributed by atoms with Crippen LogP contribution in [0.2, 0.25) is 18.7 Å². The molecular formula is C29H21Cl4FN8O2S. The standard InChI is InChI=1S/C29H21Cl4FN8O2S/c30-20-8-15(1-2-22(20)34)37-25-14(11-35)12-36-26-18(25)7-16(9-21(26)31)38-27(19-10-24(32)45-28(19)33)23-13-42(40-39-23)17-3-5-41(6-4-17)29(43)44/h1-2,7-10,12-13,17,27,38H,3-6H2,(H,36,37)(H,43,44)/t27-/m0/s1. The van der Waals surface area contributed by atoms with Crippen LogP contribution in [-0.4, -0.2) is 49.2 Å². The van der Waals surface area contributed by atoms with Crippen molar-refractivity contribution in [3.63, 3.8) is 0 Å². The first-order valence-corrected chi connectivity index (χ1v) is 15.8. The Morgan fingerprint density at radius 2 is 1.87 bits per heavy atom. The van der Waals surface area contributed by atoms with Gasteiger partial charge in [0.05, 0.1) is 49.4 Å². The Kier molecular flexibility index (Phi) is 8.90. The quantitative estimate of drug-likeness (QED) is 0.153. The number of nitrogens with zero attached hydrogens (tertiary/aromatic N) is 6. The molecule has 2 aromatic carbocycles. The smallest absolute Gasteiger partial charge is 0.407 e. The van der Waals surface area contributed by atoms with Gasteiger partial charge in [0.15, 0.2) is 0 Å². The fraction of sp³-hybridized carbons (Fsp3) is 0.207. The third-order valence-electron chi connectivity index (χ3n) is 7.47. The number of benzene rings is 2. The van der Waals surface area contributed by atoms with Crippen molar-refractivity contribution >= 4 is 91.8 Å². The number of fused-ring (bicyclic) bond motifs is 1. The van der Waals surface area contributed by atoms with Gasteiger partial charge in [-0.1, -0.05) is 51.6 Å². The first kappa shape index (κ1) is 31.1. The predicted octanol–water partition coefficient (Wildman–Crippen LogP) is 8.77. The van der Waals surface area contributed by atoms with E-state index in [1.165, 1.54) is 40.6 Å². The number of amides is 1. The van der Waals surface area contributed by atoms with Gasteiger partial charge in [0, 0.05) is 41.6 Å². The third kappa shape index (κ3) is 6.45. The minimum atomic E-state index is -0.938. The molecule has 6 rings (SSSR count). The van der Waals surface area contributed by atoms with Gasteiger partial charge >= 0.3 is 6.09 Å². The predicted molar refractivity (Wildman–Crippen MR) is 174 cm³/mol. The monoisotopic (exact) mass is 704 g/mol. The molecule has 1 aliphatic rings. The van der Waals surface area contributed by atoms with Crippen molar-refractivity contribution in [2.45, 2.75) is 24.9 Å². The molecule has 16 heteroatoms. The molecule has 10 nitrogen and oxygen atoms in total. The molecule has 4 heterocycles. The maximum atomic E-state index is 13.8. The molecule has 230 valence electrons. The lowest BCUT2D eigenvalue weighted by Crippen LogP contribution is -2.38. The van der Waals surface area contributed by atoms with E-state index in [-0.39, 0.29) is 16.6 Å². The maximum absolute atomic E-state index is 13.8. The lowest BCUT2D eigenvalue weighted by Gasteiger charge is -2.29. The number of hydrogen-bond donors (Lipinski definition) is 3. The zero-order chi connectivity index (χ0) is 31.8. The maximum Gasteiger partial charge on any atom is 0.407 e. The molecule has 0 radical (unpaired) electrons. The van der Waals surface area contributed by atoms with Crippen molar-refractivity contribution < 1.29 is 14.3 Å². The summed E-state index contributed by atoms with van der Waals surface area (Å²) < 4.78 is 16.5. The number of aromatic nitrogens is 4. The van der Waals surface area contributed by atoms with E-state index in [2.05, 4.69) is 32.0 Å². The Balaban J connectivity index is 1.38. The molecule has 1 atom stereocenters. The van der Waals surface area contributed by atoms with Crippen molar-refractivity contribution in [1.29, 1.82) is 5.26 Å². The largest absolute Gasteiger partial charge is 0.465 e. The van der Waals surface area contributed by atoms with E-state index in [4.69, 9.17) is 46.4 Å². The van der Waals surface area contributed by atoms with Crippen molar-refractivity contribution in [3.05, 3.63) is 90.1 Å². The number of pyridine rings is 1. The van der Waals surface area contributed by atoms with Crippen molar-refractivity contribution in [2.24, 2.45) is 0 Å². The number of hydrogen-bond acceptors (Lipinski definition) is 8. The molecule has 3 aromatic heterocycles. The number of carboxylic acid groups (broad SMARTS) is 1.